The number of esters is 1. The first kappa shape index (κ1) is 17.6. The van der Waals surface area contributed by atoms with E-state index in [0.29, 0.717) is 22.3 Å². The summed E-state index contributed by atoms with van der Waals surface area (Å²) in [5, 5.41) is 5.05. The Morgan fingerprint density at radius 2 is 2.13 bits per heavy atom. The van der Waals surface area contributed by atoms with E-state index in [1.165, 1.54) is 33.1 Å². The summed E-state index contributed by atoms with van der Waals surface area (Å²) in [6, 6.07) is 1.95. The third kappa shape index (κ3) is 4.87. The molecule has 23 heavy (non-hydrogen) atoms. The van der Waals surface area contributed by atoms with Crippen LogP contribution in [-0.4, -0.2) is 23.5 Å². The number of thiazole rings is 1. The van der Waals surface area contributed by atoms with Gasteiger partial charge in [0, 0.05) is 10.3 Å². The van der Waals surface area contributed by atoms with Crippen molar-refractivity contribution in [3.63, 3.8) is 0 Å². The second-order valence-corrected chi connectivity index (χ2v) is 7.14. The summed E-state index contributed by atoms with van der Waals surface area (Å²) in [4.78, 5) is 29.8. The molecule has 0 radical (unpaired) electrons. The van der Waals surface area contributed by atoms with E-state index in [9.17, 15) is 9.59 Å². The molecule has 2 heterocycles. The molecular weight excluding hydrogens is 332 g/mol. The molecule has 0 aliphatic carbocycles. The van der Waals surface area contributed by atoms with Gasteiger partial charge in [-0.25, -0.2) is 4.98 Å². The largest absolute Gasteiger partial charge is 0.466 e. The molecule has 0 saturated heterocycles. The molecule has 1 amide bonds. The Morgan fingerprint density at radius 1 is 1.35 bits per heavy atom. The van der Waals surface area contributed by atoms with Gasteiger partial charge in [0.2, 0.25) is 0 Å². The van der Waals surface area contributed by atoms with Crippen LogP contribution in [-0.2, 0) is 22.4 Å². The Bertz CT molecular complexity index is 691. The van der Waals surface area contributed by atoms with Crippen LogP contribution in [0.1, 0.15) is 46.1 Å². The zero-order chi connectivity index (χ0) is 16.8. The Hall–Kier alpha value is -1.73. The van der Waals surface area contributed by atoms with E-state index in [1.54, 1.807) is 12.3 Å². The molecule has 2 aromatic heterocycles. The average Bonchev–Trinajstić information content (AvgIpc) is 3.07. The van der Waals surface area contributed by atoms with E-state index in [-0.39, 0.29) is 18.3 Å². The second kappa shape index (κ2) is 8.21. The summed E-state index contributed by atoms with van der Waals surface area (Å²) >= 11 is 2.80. The summed E-state index contributed by atoms with van der Waals surface area (Å²) in [6.07, 6.45) is 2.16. The van der Waals surface area contributed by atoms with Gasteiger partial charge in [-0.1, -0.05) is 13.3 Å². The zero-order valence-corrected chi connectivity index (χ0v) is 15.1. The number of rotatable bonds is 7. The third-order valence-electron chi connectivity index (χ3n) is 3.17. The van der Waals surface area contributed by atoms with Crippen molar-refractivity contribution in [2.45, 2.75) is 40.0 Å². The highest BCUT2D eigenvalue weighted by Gasteiger charge is 2.15. The Morgan fingerprint density at radius 3 is 2.83 bits per heavy atom. The standard InChI is InChI=1S/C16H20N2O3S2/c1-4-6-11-7-13(23-10(11)3)15(20)18-16-17-12(9-22-16)8-14(19)21-5-2/h7,9H,4-6,8H2,1-3H3,(H,17,18,20). The quantitative estimate of drug-likeness (QED) is 0.769. The predicted molar refractivity (Wildman–Crippen MR) is 93.5 cm³/mol. The van der Waals surface area contributed by atoms with Crippen LogP contribution in [0, 0.1) is 6.92 Å². The van der Waals surface area contributed by atoms with Crippen LogP contribution < -0.4 is 5.32 Å². The van der Waals surface area contributed by atoms with Crippen LogP contribution in [0.2, 0.25) is 0 Å². The summed E-state index contributed by atoms with van der Waals surface area (Å²) < 4.78 is 4.88. The fourth-order valence-electron chi connectivity index (χ4n) is 2.11. The van der Waals surface area contributed by atoms with Gasteiger partial charge in [-0.15, -0.1) is 22.7 Å². The Kier molecular flexibility index (Phi) is 6.29. The smallest absolute Gasteiger partial charge is 0.311 e. The van der Waals surface area contributed by atoms with Crippen LogP contribution >= 0.6 is 22.7 Å². The van der Waals surface area contributed by atoms with Crippen molar-refractivity contribution < 1.29 is 14.3 Å². The SMILES string of the molecule is CCCc1cc(C(=O)Nc2nc(CC(=O)OCC)cs2)sc1C. The summed E-state index contributed by atoms with van der Waals surface area (Å²) in [5.41, 5.74) is 1.84. The van der Waals surface area contributed by atoms with Crippen molar-refractivity contribution in [3.8, 4) is 0 Å². The van der Waals surface area contributed by atoms with Crippen LogP contribution in [0.3, 0.4) is 0 Å². The number of aromatic nitrogens is 1. The molecule has 2 rings (SSSR count). The molecule has 2 aromatic rings. The molecule has 1 N–H and O–H groups in total. The highest BCUT2D eigenvalue weighted by atomic mass is 32.1. The van der Waals surface area contributed by atoms with E-state index >= 15 is 0 Å². The van der Waals surface area contributed by atoms with Crippen molar-refractivity contribution in [2.24, 2.45) is 0 Å². The molecule has 0 aliphatic heterocycles. The first-order chi connectivity index (χ1) is 11.0. The van der Waals surface area contributed by atoms with Gasteiger partial charge in [0.25, 0.3) is 5.91 Å². The minimum atomic E-state index is -0.311. The van der Waals surface area contributed by atoms with Gasteiger partial charge in [-0.05, 0) is 31.9 Å². The molecule has 0 fully saturated rings. The van der Waals surface area contributed by atoms with Gasteiger partial charge in [0.1, 0.15) is 0 Å². The van der Waals surface area contributed by atoms with Crippen molar-refractivity contribution in [1.29, 1.82) is 0 Å². The fourth-order valence-corrected chi connectivity index (χ4v) is 3.79. The summed E-state index contributed by atoms with van der Waals surface area (Å²) in [7, 11) is 0. The average molecular weight is 352 g/mol. The lowest BCUT2D eigenvalue weighted by molar-refractivity contribution is -0.142. The van der Waals surface area contributed by atoms with E-state index in [0.717, 1.165) is 12.8 Å². The van der Waals surface area contributed by atoms with E-state index in [1.807, 2.05) is 13.0 Å². The first-order valence-corrected chi connectivity index (χ1v) is 9.23. The van der Waals surface area contributed by atoms with Crippen molar-refractivity contribution >= 4 is 39.7 Å². The van der Waals surface area contributed by atoms with Crippen molar-refractivity contribution in [2.75, 3.05) is 11.9 Å². The molecular formula is C16H20N2O3S2. The number of carbonyl (C=O) groups excluding carboxylic acids is 2. The number of anilines is 1. The number of nitrogens with one attached hydrogen (secondary N) is 1. The van der Waals surface area contributed by atoms with E-state index in [4.69, 9.17) is 4.74 Å². The number of hydrogen-bond acceptors (Lipinski definition) is 6. The zero-order valence-electron chi connectivity index (χ0n) is 13.5. The van der Waals surface area contributed by atoms with Gasteiger partial charge in [-0.2, -0.15) is 0 Å². The molecule has 0 unspecified atom stereocenters. The molecule has 0 aliphatic rings. The molecule has 124 valence electrons. The number of ether oxygens (including phenoxy) is 1. The molecule has 7 heteroatoms. The molecule has 0 atom stereocenters. The monoisotopic (exact) mass is 352 g/mol. The van der Waals surface area contributed by atoms with Crippen LogP contribution in [0.5, 0.6) is 0 Å². The molecule has 0 aromatic carbocycles. The van der Waals surface area contributed by atoms with E-state index < -0.39 is 0 Å². The van der Waals surface area contributed by atoms with Gasteiger partial charge < -0.3 is 4.74 Å². The number of amides is 1. The summed E-state index contributed by atoms with van der Waals surface area (Å²) in [5.74, 6) is -0.466. The Labute approximate surface area is 143 Å². The maximum absolute atomic E-state index is 12.3. The molecule has 0 bridgehead atoms. The van der Waals surface area contributed by atoms with Gasteiger partial charge in [0.15, 0.2) is 5.13 Å². The maximum Gasteiger partial charge on any atom is 0.311 e. The van der Waals surface area contributed by atoms with Crippen molar-refractivity contribution in [1.82, 2.24) is 4.98 Å². The lowest BCUT2D eigenvalue weighted by Crippen LogP contribution is -2.11. The second-order valence-electron chi connectivity index (χ2n) is 5.02. The number of hydrogen-bond donors (Lipinski definition) is 1. The fraction of sp³-hybridized carbons (Fsp3) is 0.438. The first-order valence-electron chi connectivity index (χ1n) is 7.54. The van der Waals surface area contributed by atoms with Crippen LogP contribution in [0.25, 0.3) is 0 Å². The molecule has 5 nitrogen and oxygen atoms in total. The number of carbonyl (C=O) groups is 2. The Balaban J connectivity index is 1.99. The van der Waals surface area contributed by atoms with Crippen LogP contribution in [0.4, 0.5) is 5.13 Å². The lowest BCUT2D eigenvalue weighted by atomic mass is 10.1. The van der Waals surface area contributed by atoms with Gasteiger partial charge >= 0.3 is 5.97 Å². The predicted octanol–water partition coefficient (Wildman–Crippen LogP) is 3.82. The van der Waals surface area contributed by atoms with Crippen LogP contribution in [0.15, 0.2) is 11.4 Å². The molecule has 0 spiro atoms. The minimum Gasteiger partial charge on any atom is -0.466 e. The third-order valence-corrected chi connectivity index (χ3v) is 5.06. The maximum atomic E-state index is 12.3. The summed E-state index contributed by atoms with van der Waals surface area (Å²) in [6.45, 7) is 6.27. The van der Waals surface area contributed by atoms with Crippen molar-refractivity contribution in [3.05, 3.63) is 32.5 Å². The lowest BCUT2D eigenvalue weighted by Gasteiger charge is -1.99. The normalized spacial score (nSPS) is 10.6. The van der Waals surface area contributed by atoms with E-state index in [2.05, 4.69) is 17.2 Å². The minimum absolute atomic E-state index is 0.124. The molecule has 0 saturated carbocycles. The number of thiophene rings is 1. The van der Waals surface area contributed by atoms with Gasteiger partial charge in [0.05, 0.1) is 23.6 Å². The number of aryl methyl sites for hydroxylation is 2. The topological polar surface area (TPSA) is 68.3 Å². The number of nitrogens with zero attached hydrogens (tertiary/aromatic N) is 1. The highest BCUT2D eigenvalue weighted by molar-refractivity contribution is 7.15. The van der Waals surface area contributed by atoms with Gasteiger partial charge in [-0.3, -0.25) is 14.9 Å². The highest BCUT2D eigenvalue weighted by Crippen LogP contribution is 2.24.